The summed E-state index contributed by atoms with van der Waals surface area (Å²) in [6.45, 7) is 0.826. The van der Waals surface area contributed by atoms with Gasteiger partial charge in [-0.2, -0.15) is 26.3 Å². The summed E-state index contributed by atoms with van der Waals surface area (Å²) in [4.78, 5) is 16.1. The number of imidazole rings is 1. The molecule has 0 aliphatic carbocycles. The van der Waals surface area contributed by atoms with E-state index in [4.69, 9.17) is 0 Å². The predicted molar refractivity (Wildman–Crippen MR) is 94.1 cm³/mol. The number of carbonyl (C=O) groups is 1. The van der Waals surface area contributed by atoms with E-state index in [0.29, 0.717) is 0 Å². The third-order valence-electron chi connectivity index (χ3n) is 4.35. The molecule has 1 amide bonds. The van der Waals surface area contributed by atoms with E-state index in [0.717, 1.165) is 41.8 Å². The lowest BCUT2D eigenvalue weighted by molar-refractivity contribution is -0.173. The molecule has 1 aromatic carbocycles. The highest BCUT2D eigenvalue weighted by Crippen LogP contribution is 2.35. The zero-order chi connectivity index (χ0) is 22.3. The van der Waals surface area contributed by atoms with Crippen LogP contribution >= 0.6 is 0 Å². The number of hydrogen-bond acceptors (Lipinski definition) is 2. The van der Waals surface area contributed by atoms with E-state index >= 15 is 0 Å². The van der Waals surface area contributed by atoms with Gasteiger partial charge in [0.25, 0.3) is 0 Å². The van der Waals surface area contributed by atoms with E-state index in [-0.39, 0.29) is 22.7 Å². The van der Waals surface area contributed by atoms with Gasteiger partial charge in [-0.1, -0.05) is 19.1 Å². The van der Waals surface area contributed by atoms with Crippen molar-refractivity contribution in [1.82, 2.24) is 9.38 Å². The van der Waals surface area contributed by atoms with Gasteiger partial charge in [0.05, 0.1) is 17.2 Å². The fourth-order valence-corrected chi connectivity index (χ4v) is 2.80. The van der Waals surface area contributed by atoms with Crippen LogP contribution in [-0.2, 0) is 11.0 Å². The van der Waals surface area contributed by atoms with Crippen LogP contribution in [-0.4, -0.2) is 21.5 Å². The number of anilines is 1. The maximum Gasteiger partial charge on any atom is 0.416 e. The van der Waals surface area contributed by atoms with Crippen LogP contribution in [0.1, 0.15) is 18.9 Å². The fourth-order valence-electron chi connectivity index (χ4n) is 2.80. The van der Waals surface area contributed by atoms with Gasteiger partial charge >= 0.3 is 12.4 Å². The molecule has 4 nitrogen and oxygen atoms in total. The third kappa shape index (κ3) is 4.55. The Morgan fingerprint density at radius 3 is 2.47 bits per heavy atom. The first-order valence-corrected chi connectivity index (χ1v) is 8.58. The largest absolute Gasteiger partial charge is 0.416 e. The minimum absolute atomic E-state index is 0.0536. The monoisotopic (exact) mass is 433 g/mol. The van der Waals surface area contributed by atoms with Crippen LogP contribution in [0.3, 0.4) is 0 Å². The highest BCUT2D eigenvalue weighted by Gasteiger charge is 2.37. The Morgan fingerprint density at radius 1 is 1.13 bits per heavy atom. The first-order chi connectivity index (χ1) is 13.9. The molecule has 1 unspecified atom stereocenters. The molecule has 3 rings (SSSR count). The van der Waals surface area contributed by atoms with E-state index in [9.17, 15) is 35.5 Å². The molecule has 0 spiro atoms. The number of amides is 1. The molecular formula is C19H14F7N3O. The molecule has 0 saturated carbocycles. The van der Waals surface area contributed by atoms with Crippen LogP contribution in [0.5, 0.6) is 0 Å². The van der Waals surface area contributed by atoms with Crippen LogP contribution in [0.2, 0.25) is 0 Å². The van der Waals surface area contributed by atoms with Crippen LogP contribution in [0.25, 0.3) is 16.9 Å². The SMILES string of the molecule is CC(CC(=O)Nc1nc2ccc(F)cn2c1-c1cccc(C(F)(F)F)c1)C(F)(F)F. The minimum atomic E-state index is -4.66. The van der Waals surface area contributed by atoms with Gasteiger partial charge in [0.15, 0.2) is 5.82 Å². The highest BCUT2D eigenvalue weighted by molar-refractivity contribution is 5.94. The predicted octanol–water partition coefficient (Wildman–Crippen LogP) is 5.69. The van der Waals surface area contributed by atoms with E-state index in [1.807, 2.05) is 0 Å². The van der Waals surface area contributed by atoms with Crippen molar-refractivity contribution in [2.24, 2.45) is 5.92 Å². The second-order valence-electron chi connectivity index (χ2n) is 6.66. The summed E-state index contributed by atoms with van der Waals surface area (Å²) in [6, 6.07) is 6.29. The summed E-state index contributed by atoms with van der Waals surface area (Å²) in [5.74, 6) is -3.98. The van der Waals surface area contributed by atoms with Crippen LogP contribution in [0, 0.1) is 11.7 Å². The van der Waals surface area contributed by atoms with Gasteiger partial charge < -0.3 is 5.32 Å². The zero-order valence-electron chi connectivity index (χ0n) is 15.3. The van der Waals surface area contributed by atoms with Crippen molar-refractivity contribution >= 4 is 17.4 Å². The number of rotatable bonds is 4. The van der Waals surface area contributed by atoms with Crippen LogP contribution in [0.15, 0.2) is 42.6 Å². The molecule has 160 valence electrons. The Kier molecular flexibility index (Phi) is 5.48. The summed E-state index contributed by atoms with van der Waals surface area (Å²) in [5.41, 5.74) is -1.05. The molecule has 2 aromatic heterocycles. The van der Waals surface area contributed by atoms with Crippen molar-refractivity contribution in [3.8, 4) is 11.3 Å². The molecule has 0 bridgehead atoms. The highest BCUT2D eigenvalue weighted by atomic mass is 19.4. The third-order valence-corrected chi connectivity index (χ3v) is 4.35. The van der Waals surface area contributed by atoms with Gasteiger partial charge in [0.2, 0.25) is 5.91 Å². The normalized spacial score (nSPS) is 13.5. The van der Waals surface area contributed by atoms with E-state index in [1.54, 1.807) is 0 Å². The number of nitrogens with one attached hydrogen (secondary N) is 1. The molecule has 1 N–H and O–H groups in total. The van der Waals surface area contributed by atoms with Gasteiger partial charge in [0, 0.05) is 18.2 Å². The number of aromatic nitrogens is 2. The standard InChI is InChI=1S/C19H14F7N3O/c1-10(18(21,22)23)7-15(30)28-17-16(29-9-13(20)5-6-14(29)27-17)11-3-2-4-12(8-11)19(24,25)26/h2-6,8-10H,7H2,1H3,(H,28,30). The topological polar surface area (TPSA) is 46.4 Å². The van der Waals surface area contributed by atoms with E-state index in [1.165, 1.54) is 12.1 Å². The van der Waals surface area contributed by atoms with Gasteiger partial charge in [-0.05, 0) is 24.3 Å². The molecule has 0 aliphatic heterocycles. The van der Waals surface area contributed by atoms with Crippen molar-refractivity contribution in [2.75, 3.05) is 5.32 Å². The number of fused-ring (bicyclic) bond motifs is 1. The van der Waals surface area contributed by atoms with Gasteiger partial charge in [0.1, 0.15) is 11.5 Å². The molecule has 0 radical (unpaired) electrons. The second-order valence-corrected chi connectivity index (χ2v) is 6.66. The van der Waals surface area contributed by atoms with Crippen LogP contribution < -0.4 is 5.32 Å². The Morgan fingerprint density at radius 2 is 1.83 bits per heavy atom. The van der Waals surface area contributed by atoms with Gasteiger partial charge in [-0.15, -0.1) is 0 Å². The number of nitrogens with zero attached hydrogens (tertiary/aromatic N) is 2. The van der Waals surface area contributed by atoms with E-state index < -0.39 is 42.0 Å². The van der Waals surface area contributed by atoms with Gasteiger partial charge in [-0.25, -0.2) is 9.37 Å². The molecular weight excluding hydrogens is 419 g/mol. The number of halogens is 7. The quantitative estimate of drug-likeness (QED) is 0.538. The summed E-state index contributed by atoms with van der Waals surface area (Å²) in [5, 5.41) is 2.20. The van der Waals surface area contributed by atoms with Crippen molar-refractivity contribution in [3.63, 3.8) is 0 Å². The molecule has 0 aliphatic rings. The summed E-state index contributed by atoms with van der Waals surface area (Å²) < 4.78 is 92.3. The Labute approximate surface area is 165 Å². The summed E-state index contributed by atoms with van der Waals surface area (Å²) in [7, 11) is 0. The Bertz CT molecular complexity index is 1090. The van der Waals surface area contributed by atoms with Crippen molar-refractivity contribution in [2.45, 2.75) is 25.7 Å². The molecule has 3 aromatic rings. The number of benzene rings is 1. The van der Waals surface area contributed by atoms with Crippen molar-refractivity contribution < 1.29 is 35.5 Å². The lowest BCUT2D eigenvalue weighted by Crippen LogP contribution is -2.25. The average Bonchev–Trinajstić information content (AvgIpc) is 2.97. The lowest BCUT2D eigenvalue weighted by Gasteiger charge is -2.15. The lowest BCUT2D eigenvalue weighted by atomic mass is 10.1. The van der Waals surface area contributed by atoms with Crippen molar-refractivity contribution in [3.05, 3.63) is 54.0 Å². The number of hydrogen-bond donors (Lipinski definition) is 1. The number of pyridine rings is 1. The molecule has 1 atom stereocenters. The number of carbonyl (C=O) groups excluding carboxylic acids is 1. The molecule has 2 heterocycles. The Balaban J connectivity index is 2.07. The average molecular weight is 433 g/mol. The molecule has 11 heteroatoms. The number of alkyl halides is 6. The summed E-state index contributed by atoms with van der Waals surface area (Å²) >= 11 is 0. The first-order valence-electron chi connectivity index (χ1n) is 8.58. The van der Waals surface area contributed by atoms with Gasteiger partial charge in [-0.3, -0.25) is 9.20 Å². The molecule has 30 heavy (non-hydrogen) atoms. The second kappa shape index (κ2) is 7.62. The maximum absolute atomic E-state index is 13.7. The molecule has 0 saturated heterocycles. The van der Waals surface area contributed by atoms with Crippen molar-refractivity contribution in [1.29, 1.82) is 0 Å². The Hall–Kier alpha value is -3.11. The van der Waals surface area contributed by atoms with E-state index in [2.05, 4.69) is 10.3 Å². The first kappa shape index (κ1) is 21.6. The summed E-state index contributed by atoms with van der Waals surface area (Å²) in [6.07, 6.45) is -9.21. The van der Waals surface area contributed by atoms with Crippen LogP contribution in [0.4, 0.5) is 36.6 Å². The zero-order valence-corrected chi connectivity index (χ0v) is 15.3. The fraction of sp³-hybridized carbons (Fsp3) is 0.263. The minimum Gasteiger partial charge on any atom is -0.309 e. The smallest absolute Gasteiger partial charge is 0.309 e. The molecule has 0 fully saturated rings. The maximum atomic E-state index is 13.7.